The Bertz CT molecular complexity index is 438. The first-order chi connectivity index (χ1) is 9.60. The monoisotopic (exact) mass is 280 g/mol. The Hall–Kier alpha value is -1.33. The smallest absolute Gasteiger partial charge is 0.373 e. The Balaban J connectivity index is 1.85. The summed E-state index contributed by atoms with van der Waals surface area (Å²) in [4.78, 5) is 13.8. The number of rotatable bonds is 6. The molecule has 0 spiro atoms. The van der Waals surface area contributed by atoms with E-state index in [2.05, 4.69) is 21.9 Å². The molecule has 1 N–H and O–H groups in total. The topological polar surface area (TPSA) is 54.7 Å². The van der Waals surface area contributed by atoms with Crippen LogP contribution < -0.4 is 5.32 Å². The van der Waals surface area contributed by atoms with Gasteiger partial charge in [0.05, 0.1) is 13.2 Å². The van der Waals surface area contributed by atoms with E-state index in [0.29, 0.717) is 6.04 Å². The van der Waals surface area contributed by atoms with E-state index >= 15 is 0 Å². The van der Waals surface area contributed by atoms with Crippen LogP contribution in [0.15, 0.2) is 16.5 Å². The van der Waals surface area contributed by atoms with E-state index in [-0.39, 0.29) is 11.8 Å². The average molecular weight is 280 g/mol. The SMILES string of the molecule is COC(=O)c1ccc(C(C)NC(C)CN2CCCC2)o1. The van der Waals surface area contributed by atoms with Gasteiger partial charge >= 0.3 is 5.97 Å². The summed E-state index contributed by atoms with van der Waals surface area (Å²) in [7, 11) is 1.35. The highest BCUT2D eigenvalue weighted by Crippen LogP contribution is 2.18. The van der Waals surface area contributed by atoms with Gasteiger partial charge in [-0.05, 0) is 51.9 Å². The van der Waals surface area contributed by atoms with Crippen LogP contribution in [0.1, 0.15) is 49.0 Å². The molecule has 5 nitrogen and oxygen atoms in total. The van der Waals surface area contributed by atoms with Gasteiger partial charge < -0.3 is 19.4 Å². The summed E-state index contributed by atoms with van der Waals surface area (Å²) in [6.07, 6.45) is 2.62. The van der Waals surface area contributed by atoms with Crippen LogP contribution in [0.25, 0.3) is 0 Å². The van der Waals surface area contributed by atoms with Crippen LogP contribution in [0.2, 0.25) is 0 Å². The maximum atomic E-state index is 11.4. The summed E-state index contributed by atoms with van der Waals surface area (Å²) in [5.74, 6) is 0.579. The lowest BCUT2D eigenvalue weighted by atomic mass is 10.2. The highest BCUT2D eigenvalue weighted by molar-refractivity contribution is 5.86. The molecule has 0 radical (unpaired) electrons. The van der Waals surface area contributed by atoms with E-state index in [1.807, 2.05) is 13.0 Å². The zero-order valence-corrected chi connectivity index (χ0v) is 12.5. The molecule has 2 rings (SSSR count). The molecular weight excluding hydrogens is 256 g/mol. The molecule has 2 atom stereocenters. The second-order valence-electron chi connectivity index (χ2n) is 5.49. The predicted octanol–water partition coefficient (Wildman–Crippen LogP) is 2.20. The van der Waals surface area contributed by atoms with Crippen LogP contribution >= 0.6 is 0 Å². The summed E-state index contributed by atoms with van der Waals surface area (Å²) in [6.45, 7) is 7.68. The zero-order valence-electron chi connectivity index (χ0n) is 12.5. The van der Waals surface area contributed by atoms with E-state index in [4.69, 9.17) is 4.42 Å². The third-order valence-corrected chi connectivity index (χ3v) is 3.71. The van der Waals surface area contributed by atoms with Gasteiger partial charge in [-0.25, -0.2) is 4.79 Å². The van der Waals surface area contributed by atoms with Crippen LogP contribution in [-0.4, -0.2) is 43.7 Å². The highest BCUT2D eigenvalue weighted by atomic mass is 16.5. The summed E-state index contributed by atoms with van der Waals surface area (Å²) >= 11 is 0. The minimum Gasteiger partial charge on any atom is -0.463 e. The molecule has 0 aromatic carbocycles. The number of methoxy groups -OCH3 is 1. The largest absolute Gasteiger partial charge is 0.463 e. The number of hydrogen-bond donors (Lipinski definition) is 1. The number of hydrogen-bond acceptors (Lipinski definition) is 5. The van der Waals surface area contributed by atoms with Gasteiger partial charge in [-0.2, -0.15) is 0 Å². The number of carbonyl (C=O) groups is 1. The Labute approximate surface area is 120 Å². The van der Waals surface area contributed by atoms with Gasteiger partial charge in [0.15, 0.2) is 0 Å². The summed E-state index contributed by atoms with van der Waals surface area (Å²) in [5, 5.41) is 3.51. The number of furan rings is 1. The van der Waals surface area contributed by atoms with Crippen LogP contribution in [0, 0.1) is 0 Å². The molecule has 0 amide bonds. The first kappa shape index (κ1) is 15.1. The molecule has 2 unspecified atom stereocenters. The van der Waals surface area contributed by atoms with Crippen LogP contribution in [0.3, 0.4) is 0 Å². The Morgan fingerprint density at radius 2 is 2.10 bits per heavy atom. The molecule has 0 bridgehead atoms. The van der Waals surface area contributed by atoms with Crippen molar-refractivity contribution in [3.05, 3.63) is 23.7 Å². The Kier molecular flexibility index (Phi) is 5.20. The quantitative estimate of drug-likeness (QED) is 0.810. The van der Waals surface area contributed by atoms with Gasteiger partial charge in [-0.1, -0.05) is 0 Å². The van der Waals surface area contributed by atoms with E-state index in [1.165, 1.54) is 33.0 Å². The molecule has 1 aliphatic heterocycles. The van der Waals surface area contributed by atoms with Crippen molar-refractivity contribution >= 4 is 5.97 Å². The molecular formula is C15H24N2O3. The molecule has 5 heteroatoms. The van der Waals surface area contributed by atoms with Gasteiger partial charge in [0.1, 0.15) is 5.76 Å². The summed E-state index contributed by atoms with van der Waals surface area (Å²) < 4.78 is 10.2. The van der Waals surface area contributed by atoms with Gasteiger partial charge in [-0.3, -0.25) is 0 Å². The fourth-order valence-corrected chi connectivity index (χ4v) is 2.71. The van der Waals surface area contributed by atoms with Gasteiger partial charge in [0.25, 0.3) is 0 Å². The molecule has 1 aliphatic rings. The van der Waals surface area contributed by atoms with Crippen molar-refractivity contribution < 1.29 is 13.9 Å². The Morgan fingerprint density at radius 1 is 1.40 bits per heavy atom. The molecule has 1 aromatic heterocycles. The average Bonchev–Trinajstić information content (AvgIpc) is 3.08. The van der Waals surface area contributed by atoms with Crippen LogP contribution in [-0.2, 0) is 4.74 Å². The maximum absolute atomic E-state index is 11.4. The lowest BCUT2D eigenvalue weighted by Crippen LogP contribution is -2.39. The number of carbonyl (C=O) groups excluding carboxylic acids is 1. The van der Waals surface area contributed by atoms with Crippen molar-refractivity contribution in [2.45, 2.75) is 38.8 Å². The fourth-order valence-electron chi connectivity index (χ4n) is 2.71. The maximum Gasteiger partial charge on any atom is 0.373 e. The number of likely N-dealkylation sites (tertiary alicyclic amines) is 1. The van der Waals surface area contributed by atoms with E-state index in [1.54, 1.807) is 6.07 Å². The molecule has 0 aliphatic carbocycles. The molecule has 112 valence electrons. The molecule has 2 heterocycles. The standard InChI is InChI=1S/C15H24N2O3/c1-11(10-17-8-4-5-9-17)16-12(2)13-6-7-14(20-13)15(18)19-3/h6-7,11-12,16H,4-5,8-10H2,1-3H3. The van der Waals surface area contributed by atoms with Gasteiger partial charge in [0.2, 0.25) is 5.76 Å². The number of nitrogens with zero attached hydrogens (tertiary/aromatic N) is 1. The molecule has 1 fully saturated rings. The number of esters is 1. The van der Waals surface area contributed by atoms with Crippen LogP contribution in [0.5, 0.6) is 0 Å². The zero-order chi connectivity index (χ0) is 14.5. The second-order valence-corrected chi connectivity index (χ2v) is 5.49. The summed E-state index contributed by atoms with van der Waals surface area (Å²) in [6, 6.07) is 3.94. The van der Waals surface area contributed by atoms with E-state index in [9.17, 15) is 4.79 Å². The molecule has 1 saturated heterocycles. The van der Waals surface area contributed by atoms with Crippen LogP contribution in [0.4, 0.5) is 0 Å². The lowest BCUT2D eigenvalue weighted by Gasteiger charge is -2.23. The first-order valence-electron chi connectivity index (χ1n) is 7.26. The third kappa shape index (κ3) is 3.84. The Morgan fingerprint density at radius 3 is 2.75 bits per heavy atom. The minimum absolute atomic E-state index is 0.0750. The third-order valence-electron chi connectivity index (χ3n) is 3.71. The summed E-state index contributed by atoms with van der Waals surface area (Å²) in [5.41, 5.74) is 0. The van der Waals surface area contributed by atoms with Crippen molar-refractivity contribution in [1.82, 2.24) is 10.2 Å². The molecule has 0 saturated carbocycles. The second kappa shape index (κ2) is 6.90. The van der Waals surface area contributed by atoms with Crippen molar-refractivity contribution in [2.24, 2.45) is 0 Å². The van der Waals surface area contributed by atoms with E-state index in [0.717, 1.165) is 12.3 Å². The van der Waals surface area contributed by atoms with Gasteiger partial charge in [0, 0.05) is 12.6 Å². The normalized spacial score (nSPS) is 18.9. The number of ether oxygens (including phenoxy) is 1. The highest BCUT2D eigenvalue weighted by Gasteiger charge is 2.19. The van der Waals surface area contributed by atoms with Crippen molar-refractivity contribution in [1.29, 1.82) is 0 Å². The van der Waals surface area contributed by atoms with Crippen molar-refractivity contribution in [2.75, 3.05) is 26.7 Å². The fraction of sp³-hybridized carbons (Fsp3) is 0.667. The minimum atomic E-state index is -0.437. The lowest BCUT2D eigenvalue weighted by molar-refractivity contribution is 0.0562. The van der Waals surface area contributed by atoms with E-state index < -0.39 is 5.97 Å². The predicted molar refractivity (Wildman–Crippen MR) is 76.7 cm³/mol. The van der Waals surface area contributed by atoms with Gasteiger partial charge in [-0.15, -0.1) is 0 Å². The molecule has 1 aromatic rings. The number of nitrogens with one attached hydrogen (secondary N) is 1. The first-order valence-corrected chi connectivity index (χ1v) is 7.26. The van der Waals surface area contributed by atoms with Crippen molar-refractivity contribution in [3.8, 4) is 0 Å². The van der Waals surface area contributed by atoms with Crippen molar-refractivity contribution in [3.63, 3.8) is 0 Å². The molecule has 20 heavy (non-hydrogen) atoms.